The SMILES string of the molecule is NC(=O)C12CCC(Cc3ccccc3C1)C2NS(=O)(=O)c1ccccc1. The minimum atomic E-state index is -3.72. The van der Waals surface area contributed by atoms with E-state index < -0.39 is 27.4 Å². The van der Waals surface area contributed by atoms with Crippen LogP contribution in [0.15, 0.2) is 59.5 Å². The molecular weight excluding hydrogens is 348 g/mol. The van der Waals surface area contributed by atoms with E-state index in [1.807, 2.05) is 18.2 Å². The Hall–Kier alpha value is -2.18. The van der Waals surface area contributed by atoms with Gasteiger partial charge in [-0.15, -0.1) is 0 Å². The van der Waals surface area contributed by atoms with Crippen molar-refractivity contribution in [1.82, 2.24) is 4.72 Å². The molecule has 0 saturated heterocycles. The van der Waals surface area contributed by atoms with Crippen LogP contribution in [-0.2, 0) is 27.7 Å². The van der Waals surface area contributed by atoms with Crippen molar-refractivity contribution in [2.45, 2.75) is 36.6 Å². The number of fused-ring (bicyclic) bond motifs is 3. The lowest BCUT2D eigenvalue weighted by Gasteiger charge is -2.33. The van der Waals surface area contributed by atoms with Gasteiger partial charge in [0, 0.05) is 6.04 Å². The number of rotatable bonds is 4. The summed E-state index contributed by atoms with van der Waals surface area (Å²) in [7, 11) is -3.72. The van der Waals surface area contributed by atoms with Crippen LogP contribution in [0.5, 0.6) is 0 Å². The van der Waals surface area contributed by atoms with Gasteiger partial charge in [0.2, 0.25) is 15.9 Å². The van der Waals surface area contributed by atoms with E-state index >= 15 is 0 Å². The van der Waals surface area contributed by atoms with Crippen molar-refractivity contribution >= 4 is 15.9 Å². The van der Waals surface area contributed by atoms with Gasteiger partial charge in [-0.2, -0.15) is 0 Å². The topological polar surface area (TPSA) is 89.3 Å². The van der Waals surface area contributed by atoms with Crippen molar-refractivity contribution < 1.29 is 13.2 Å². The first-order chi connectivity index (χ1) is 12.4. The molecule has 1 amide bonds. The fourth-order valence-corrected chi connectivity index (χ4v) is 6.00. The van der Waals surface area contributed by atoms with Gasteiger partial charge in [-0.3, -0.25) is 4.79 Å². The fourth-order valence-electron chi connectivity index (χ4n) is 4.59. The average Bonchev–Trinajstić information content (AvgIpc) is 2.87. The molecule has 3 unspecified atom stereocenters. The smallest absolute Gasteiger partial charge is 0.240 e. The molecule has 0 aromatic heterocycles. The van der Waals surface area contributed by atoms with Gasteiger partial charge in [0.25, 0.3) is 0 Å². The Morgan fingerprint density at radius 2 is 1.69 bits per heavy atom. The van der Waals surface area contributed by atoms with Gasteiger partial charge < -0.3 is 5.73 Å². The van der Waals surface area contributed by atoms with E-state index in [1.165, 1.54) is 5.56 Å². The number of amides is 1. The lowest BCUT2D eigenvalue weighted by Crippen LogP contribution is -2.54. The van der Waals surface area contributed by atoms with E-state index in [2.05, 4.69) is 10.8 Å². The summed E-state index contributed by atoms with van der Waals surface area (Å²) in [5.74, 6) is -0.359. The number of carbonyl (C=O) groups is 1. The molecule has 0 spiro atoms. The number of nitrogens with two attached hydrogens (primary N) is 1. The summed E-state index contributed by atoms with van der Waals surface area (Å²) < 4.78 is 28.7. The third-order valence-corrected chi connectivity index (χ3v) is 7.42. The second-order valence-corrected chi connectivity index (χ2v) is 9.09. The third-order valence-electron chi connectivity index (χ3n) is 5.96. The number of sulfonamides is 1. The quantitative estimate of drug-likeness (QED) is 0.863. The van der Waals surface area contributed by atoms with Crippen LogP contribution in [0.2, 0.25) is 0 Å². The van der Waals surface area contributed by atoms with E-state index in [0.717, 1.165) is 18.4 Å². The molecule has 136 valence electrons. The average molecular weight is 370 g/mol. The Morgan fingerprint density at radius 3 is 2.38 bits per heavy atom. The van der Waals surface area contributed by atoms with Crippen LogP contribution in [0.25, 0.3) is 0 Å². The third kappa shape index (κ3) is 2.73. The van der Waals surface area contributed by atoms with Crippen LogP contribution in [-0.4, -0.2) is 20.4 Å². The van der Waals surface area contributed by atoms with Crippen molar-refractivity contribution in [3.63, 3.8) is 0 Å². The van der Waals surface area contributed by atoms with Crippen molar-refractivity contribution in [2.75, 3.05) is 0 Å². The molecule has 6 heteroatoms. The maximum absolute atomic E-state index is 12.9. The van der Waals surface area contributed by atoms with Gasteiger partial charge in [0.05, 0.1) is 10.3 Å². The maximum atomic E-state index is 12.9. The summed E-state index contributed by atoms with van der Waals surface area (Å²) in [6.45, 7) is 0. The summed E-state index contributed by atoms with van der Waals surface area (Å²) >= 11 is 0. The molecule has 0 heterocycles. The number of hydrogen-bond donors (Lipinski definition) is 2. The molecule has 1 fully saturated rings. The fraction of sp³-hybridized carbons (Fsp3) is 0.350. The minimum Gasteiger partial charge on any atom is -0.369 e. The zero-order valence-corrected chi connectivity index (χ0v) is 15.2. The van der Waals surface area contributed by atoms with Crippen LogP contribution >= 0.6 is 0 Å². The highest BCUT2D eigenvalue weighted by atomic mass is 32.2. The van der Waals surface area contributed by atoms with Crippen LogP contribution in [0, 0.1) is 11.3 Å². The van der Waals surface area contributed by atoms with Gasteiger partial charge >= 0.3 is 0 Å². The van der Waals surface area contributed by atoms with Crippen molar-refractivity contribution in [3.8, 4) is 0 Å². The molecule has 2 aliphatic rings. The first-order valence-electron chi connectivity index (χ1n) is 8.86. The highest BCUT2D eigenvalue weighted by Crippen LogP contribution is 2.49. The zero-order chi connectivity index (χ0) is 18.4. The summed E-state index contributed by atoms with van der Waals surface area (Å²) in [6.07, 6.45) is 2.65. The Balaban J connectivity index is 1.75. The monoisotopic (exact) mass is 370 g/mol. The standard InChI is InChI=1S/C20H22N2O3S/c21-19(23)20-11-10-15(12-14-6-4-5-7-16(14)13-20)18(20)22-26(24,25)17-8-2-1-3-9-17/h1-9,15,18,22H,10-13H2,(H2,21,23). The predicted octanol–water partition coefficient (Wildman–Crippen LogP) is 2.01. The van der Waals surface area contributed by atoms with E-state index in [4.69, 9.17) is 5.73 Å². The summed E-state index contributed by atoms with van der Waals surface area (Å²) in [5, 5.41) is 0. The minimum absolute atomic E-state index is 0.0598. The Bertz CT molecular complexity index is 943. The summed E-state index contributed by atoms with van der Waals surface area (Å²) in [4.78, 5) is 12.7. The van der Waals surface area contributed by atoms with Crippen molar-refractivity contribution in [1.29, 1.82) is 0 Å². The molecule has 0 radical (unpaired) electrons. The molecule has 2 aliphatic carbocycles. The van der Waals surface area contributed by atoms with Gasteiger partial charge in [-0.25, -0.2) is 13.1 Å². The van der Waals surface area contributed by atoms with Crippen LogP contribution in [0.4, 0.5) is 0 Å². The normalized spacial score (nSPS) is 27.5. The highest BCUT2D eigenvalue weighted by Gasteiger charge is 2.55. The molecular formula is C20H22N2O3S. The van der Waals surface area contributed by atoms with Crippen LogP contribution in [0.1, 0.15) is 24.0 Å². The molecule has 5 nitrogen and oxygen atoms in total. The molecule has 4 rings (SSSR count). The van der Waals surface area contributed by atoms with Crippen molar-refractivity contribution in [3.05, 3.63) is 65.7 Å². The molecule has 2 aromatic carbocycles. The van der Waals surface area contributed by atoms with Gasteiger partial charge in [0.15, 0.2) is 0 Å². The van der Waals surface area contributed by atoms with Gasteiger partial charge in [0.1, 0.15) is 0 Å². The summed E-state index contributed by atoms with van der Waals surface area (Å²) in [6, 6.07) is 15.8. The van der Waals surface area contributed by atoms with E-state index in [1.54, 1.807) is 30.3 Å². The van der Waals surface area contributed by atoms with Crippen LogP contribution < -0.4 is 10.5 Å². The first kappa shape index (κ1) is 17.2. The molecule has 26 heavy (non-hydrogen) atoms. The predicted molar refractivity (Wildman–Crippen MR) is 98.8 cm³/mol. The van der Waals surface area contributed by atoms with E-state index in [-0.39, 0.29) is 10.8 Å². The van der Waals surface area contributed by atoms with Gasteiger partial charge in [-0.05, 0) is 54.9 Å². The number of benzene rings is 2. The lowest BCUT2D eigenvalue weighted by atomic mass is 9.76. The number of carbonyl (C=O) groups excluding carboxylic acids is 1. The molecule has 3 atom stereocenters. The van der Waals surface area contributed by atoms with Gasteiger partial charge in [-0.1, -0.05) is 42.5 Å². The molecule has 0 aliphatic heterocycles. The number of hydrogen-bond acceptors (Lipinski definition) is 3. The molecule has 2 bridgehead atoms. The zero-order valence-electron chi connectivity index (χ0n) is 14.4. The van der Waals surface area contributed by atoms with Crippen molar-refractivity contribution in [2.24, 2.45) is 17.1 Å². The second kappa shape index (κ2) is 6.21. The summed E-state index contributed by atoms with van der Waals surface area (Å²) in [5.41, 5.74) is 7.24. The number of nitrogens with one attached hydrogen (secondary N) is 1. The second-order valence-electron chi connectivity index (χ2n) is 7.38. The molecule has 3 N–H and O–H groups in total. The lowest BCUT2D eigenvalue weighted by molar-refractivity contribution is -0.128. The van der Waals surface area contributed by atoms with Crippen LogP contribution in [0.3, 0.4) is 0 Å². The number of primary amides is 1. The Kier molecular flexibility index (Phi) is 4.12. The highest BCUT2D eigenvalue weighted by molar-refractivity contribution is 7.89. The Labute approximate surface area is 153 Å². The maximum Gasteiger partial charge on any atom is 0.240 e. The Morgan fingerprint density at radius 1 is 1.04 bits per heavy atom. The molecule has 1 saturated carbocycles. The largest absolute Gasteiger partial charge is 0.369 e. The molecule has 2 aromatic rings. The van der Waals surface area contributed by atoms with E-state index in [0.29, 0.717) is 12.8 Å². The first-order valence-corrected chi connectivity index (χ1v) is 10.3. The van der Waals surface area contributed by atoms with E-state index in [9.17, 15) is 13.2 Å².